The molecule has 0 radical (unpaired) electrons. The molecule has 0 aliphatic rings. The van der Waals surface area contributed by atoms with Crippen LogP contribution in [0.25, 0.3) is 11.1 Å². The van der Waals surface area contributed by atoms with Crippen LogP contribution in [0.1, 0.15) is 22.2 Å². The molecule has 1 heterocycles. The number of ether oxygens (including phenoxy) is 2. The molecule has 0 unspecified atom stereocenters. The fourth-order valence-corrected chi connectivity index (χ4v) is 3.08. The third-order valence-electron chi connectivity index (χ3n) is 2.96. The van der Waals surface area contributed by atoms with Crippen molar-refractivity contribution in [2.45, 2.75) is 13.8 Å². The average Bonchev–Trinajstić information content (AvgIpc) is 2.73. The molecule has 1 aromatic heterocycles. The molecule has 2 aromatic rings. The van der Waals surface area contributed by atoms with E-state index in [0.717, 1.165) is 21.8 Å². The van der Waals surface area contributed by atoms with E-state index < -0.39 is 5.97 Å². The van der Waals surface area contributed by atoms with Gasteiger partial charge in [0.05, 0.1) is 13.7 Å². The maximum Gasteiger partial charge on any atom is 0.341 e. The molecule has 0 spiro atoms. The van der Waals surface area contributed by atoms with Crippen LogP contribution in [0, 0.1) is 6.92 Å². The summed E-state index contributed by atoms with van der Waals surface area (Å²) in [5, 5.41) is 0.468. The number of anilines is 1. The van der Waals surface area contributed by atoms with Gasteiger partial charge in [-0.3, -0.25) is 0 Å². The van der Waals surface area contributed by atoms with Crippen molar-refractivity contribution in [1.82, 2.24) is 0 Å². The zero-order valence-corrected chi connectivity index (χ0v) is 12.5. The smallest absolute Gasteiger partial charge is 0.341 e. The molecule has 0 fully saturated rings. The maximum absolute atomic E-state index is 12.0. The second kappa shape index (κ2) is 5.96. The minimum absolute atomic E-state index is 0.419. The van der Waals surface area contributed by atoms with Gasteiger partial charge in [0.15, 0.2) is 0 Å². The van der Waals surface area contributed by atoms with Gasteiger partial charge in [-0.05, 0) is 19.9 Å². The molecule has 0 amide bonds. The van der Waals surface area contributed by atoms with Gasteiger partial charge in [0, 0.05) is 16.0 Å². The fourth-order valence-electron chi connectivity index (χ4n) is 2.15. The lowest BCUT2D eigenvalue weighted by atomic mass is 10.0. The summed E-state index contributed by atoms with van der Waals surface area (Å²) in [7, 11) is 1.35. The topological polar surface area (TPSA) is 61.5 Å². The Morgan fingerprint density at radius 2 is 2.05 bits per heavy atom. The summed E-state index contributed by atoms with van der Waals surface area (Å²) in [5.74, 6) is 0.314. The van der Waals surface area contributed by atoms with Crippen LogP contribution in [0.4, 0.5) is 5.00 Å². The van der Waals surface area contributed by atoms with Crippen LogP contribution < -0.4 is 10.5 Å². The summed E-state index contributed by atoms with van der Waals surface area (Å²) in [6, 6.07) is 7.61. The van der Waals surface area contributed by atoms with Gasteiger partial charge in [-0.2, -0.15) is 0 Å². The van der Waals surface area contributed by atoms with Crippen molar-refractivity contribution < 1.29 is 14.3 Å². The molecule has 1 aromatic carbocycles. The monoisotopic (exact) mass is 291 g/mol. The third kappa shape index (κ3) is 2.49. The van der Waals surface area contributed by atoms with Crippen LogP contribution in [0.2, 0.25) is 0 Å². The first-order valence-electron chi connectivity index (χ1n) is 6.29. The van der Waals surface area contributed by atoms with E-state index in [1.807, 2.05) is 38.1 Å². The number of rotatable bonds is 4. The Hall–Kier alpha value is -2.01. The van der Waals surface area contributed by atoms with Crippen molar-refractivity contribution in [1.29, 1.82) is 0 Å². The lowest BCUT2D eigenvalue weighted by molar-refractivity contribution is 0.0603. The summed E-state index contributed by atoms with van der Waals surface area (Å²) < 4.78 is 10.5. The van der Waals surface area contributed by atoms with E-state index in [1.165, 1.54) is 18.4 Å². The van der Waals surface area contributed by atoms with Crippen molar-refractivity contribution >= 4 is 22.3 Å². The number of nitrogens with two attached hydrogens (primary N) is 1. The second-order valence-electron chi connectivity index (χ2n) is 4.19. The first-order chi connectivity index (χ1) is 9.60. The zero-order valence-electron chi connectivity index (χ0n) is 11.7. The SMILES string of the molecule is CCOc1ccccc1-c1c(C)sc(N)c1C(=O)OC. The summed E-state index contributed by atoms with van der Waals surface area (Å²) in [6.07, 6.45) is 0. The van der Waals surface area contributed by atoms with E-state index >= 15 is 0 Å². The Bertz CT molecular complexity index is 634. The van der Waals surface area contributed by atoms with Crippen LogP contribution in [0.3, 0.4) is 0 Å². The number of para-hydroxylation sites is 1. The predicted octanol–water partition coefficient (Wildman–Crippen LogP) is 3.49. The molecule has 5 heteroatoms. The lowest BCUT2D eigenvalue weighted by Crippen LogP contribution is -2.05. The molecule has 0 aliphatic carbocycles. The van der Waals surface area contributed by atoms with Crippen molar-refractivity contribution in [3.05, 3.63) is 34.7 Å². The molecular weight excluding hydrogens is 274 g/mol. The molecule has 0 saturated carbocycles. The standard InChI is InChI=1S/C15H17NO3S/c1-4-19-11-8-6-5-7-10(11)12-9(2)20-14(16)13(12)15(17)18-3/h5-8H,4,16H2,1-3H3. The number of nitrogen functional groups attached to an aromatic ring is 1. The largest absolute Gasteiger partial charge is 0.493 e. The number of benzene rings is 1. The van der Waals surface area contributed by atoms with Crippen molar-refractivity contribution in [2.24, 2.45) is 0 Å². The van der Waals surface area contributed by atoms with Gasteiger partial charge in [0.2, 0.25) is 0 Å². The number of hydrogen-bond acceptors (Lipinski definition) is 5. The maximum atomic E-state index is 12.0. The van der Waals surface area contributed by atoms with Crippen molar-refractivity contribution in [3.8, 4) is 16.9 Å². The van der Waals surface area contributed by atoms with Gasteiger partial charge in [0.25, 0.3) is 0 Å². The molecule has 2 rings (SSSR count). The van der Waals surface area contributed by atoms with Crippen molar-refractivity contribution in [3.63, 3.8) is 0 Å². The van der Waals surface area contributed by atoms with E-state index in [1.54, 1.807) is 0 Å². The minimum Gasteiger partial charge on any atom is -0.493 e. The third-order valence-corrected chi connectivity index (χ3v) is 3.89. The molecule has 0 bridgehead atoms. The normalized spacial score (nSPS) is 10.3. The second-order valence-corrected chi connectivity index (χ2v) is 5.45. The molecule has 2 N–H and O–H groups in total. The van der Waals surface area contributed by atoms with Crippen LogP contribution in [-0.2, 0) is 4.74 Å². The molecule has 106 valence electrons. The highest BCUT2D eigenvalue weighted by Crippen LogP contribution is 2.42. The predicted molar refractivity (Wildman–Crippen MR) is 81.4 cm³/mol. The summed E-state index contributed by atoms with van der Waals surface area (Å²) in [6.45, 7) is 4.42. The number of carbonyl (C=O) groups excluding carboxylic acids is 1. The molecule has 20 heavy (non-hydrogen) atoms. The van der Waals surface area contributed by atoms with Gasteiger partial charge in [-0.25, -0.2) is 4.79 Å². The number of esters is 1. The Morgan fingerprint density at radius 1 is 1.35 bits per heavy atom. The summed E-state index contributed by atoms with van der Waals surface area (Å²) in [4.78, 5) is 12.9. The number of thiophene rings is 1. The highest BCUT2D eigenvalue weighted by Gasteiger charge is 2.24. The van der Waals surface area contributed by atoms with Gasteiger partial charge < -0.3 is 15.2 Å². The molecule has 0 aliphatic heterocycles. The molecule has 0 atom stereocenters. The van der Waals surface area contributed by atoms with Crippen LogP contribution >= 0.6 is 11.3 Å². The van der Waals surface area contributed by atoms with Crippen LogP contribution in [0.5, 0.6) is 5.75 Å². The van der Waals surface area contributed by atoms with Crippen LogP contribution in [0.15, 0.2) is 24.3 Å². The first-order valence-corrected chi connectivity index (χ1v) is 7.11. The van der Waals surface area contributed by atoms with Gasteiger partial charge >= 0.3 is 5.97 Å². The first kappa shape index (κ1) is 14.4. The van der Waals surface area contributed by atoms with Crippen LogP contribution in [-0.4, -0.2) is 19.7 Å². The highest BCUT2D eigenvalue weighted by atomic mass is 32.1. The van der Waals surface area contributed by atoms with Gasteiger partial charge in [-0.1, -0.05) is 18.2 Å². The Balaban J connectivity index is 2.67. The summed E-state index contributed by atoms with van der Waals surface area (Å²) >= 11 is 1.38. The summed E-state index contributed by atoms with van der Waals surface area (Å²) in [5.41, 5.74) is 8.03. The Labute approximate surface area is 122 Å². The zero-order chi connectivity index (χ0) is 14.7. The molecule has 4 nitrogen and oxygen atoms in total. The highest BCUT2D eigenvalue weighted by molar-refractivity contribution is 7.16. The number of carbonyl (C=O) groups is 1. The van der Waals surface area contributed by atoms with E-state index in [9.17, 15) is 4.79 Å². The number of methoxy groups -OCH3 is 1. The van der Waals surface area contributed by atoms with E-state index in [4.69, 9.17) is 15.2 Å². The van der Waals surface area contributed by atoms with E-state index in [2.05, 4.69) is 0 Å². The Morgan fingerprint density at radius 3 is 2.70 bits per heavy atom. The number of hydrogen-bond donors (Lipinski definition) is 1. The molecule has 0 saturated heterocycles. The lowest BCUT2D eigenvalue weighted by Gasteiger charge is -2.11. The average molecular weight is 291 g/mol. The Kier molecular flexibility index (Phi) is 4.29. The van der Waals surface area contributed by atoms with E-state index in [-0.39, 0.29) is 0 Å². The van der Waals surface area contributed by atoms with Crippen molar-refractivity contribution in [2.75, 3.05) is 19.5 Å². The minimum atomic E-state index is -0.423. The number of aryl methyl sites for hydroxylation is 1. The van der Waals surface area contributed by atoms with Gasteiger partial charge in [-0.15, -0.1) is 11.3 Å². The fraction of sp³-hybridized carbons (Fsp3) is 0.267. The van der Waals surface area contributed by atoms with E-state index in [0.29, 0.717) is 17.2 Å². The van der Waals surface area contributed by atoms with Gasteiger partial charge in [0.1, 0.15) is 16.3 Å². The quantitative estimate of drug-likeness (QED) is 0.876. The molecular formula is C15H17NO3S.